The van der Waals surface area contributed by atoms with Crippen LogP contribution in [0.25, 0.3) is 11.4 Å². The van der Waals surface area contributed by atoms with Gasteiger partial charge in [-0.15, -0.1) is 0 Å². The summed E-state index contributed by atoms with van der Waals surface area (Å²) in [7, 11) is 0. The number of benzene rings is 1. The number of hydrogen-bond donors (Lipinski definition) is 1. The fraction of sp³-hybridized carbons (Fsp3) is 0.263. The van der Waals surface area contributed by atoms with Gasteiger partial charge in [0.25, 0.3) is 0 Å². The Morgan fingerprint density at radius 3 is 2.58 bits per heavy atom. The fourth-order valence-corrected chi connectivity index (χ4v) is 2.58. The second-order valence-corrected chi connectivity index (χ2v) is 6.28. The highest BCUT2D eigenvalue weighted by atomic mass is 19.1. The van der Waals surface area contributed by atoms with Gasteiger partial charge < -0.3 is 5.73 Å². The average molecular weight is 353 g/mol. The Labute approximate surface area is 150 Å². The van der Waals surface area contributed by atoms with Crippen molar-refractivity contribution in [3.05, 3.63) is 65.5 Å². The molecule has 2 heterocycles. The average Bonchev–Trinajstić information content (AvgIpc) is 3.12. The molecular formula is C19H20FN5O. The summed E-state index contributed by atoms with van der Waals surface area (Å²) in [5, 5.41) is 4.18. The van der Waals surface area contributed by atoms with Crippen LogP contribution in [0.2, 0.25) is 0 Å². The summed E-state index contributed by atoms with van der Waals surface area (Å²) in [5.41, 5.74) is 7.52. The smallest absolute Gasteiger partial charge is 0.197 e. The minimum atomic E-state index is -0.492. The Bertz CT molecular complexity index is 918. The van der Waals surface area contributed by atoms with E-state index in [0.29, 0.717) is 29.9 Å². The molecule has 6 nitrogen and oxygen atoms in total. The first-order valence-electron chi connectivity index (χ1n) is 8.39. The Morgan fingerprint density at radius 2 is 1.96 bits per heavy atom. The number of hydrogen-bond acceptors (Lipinski definition) is 5. The summed E-state index contributed by atoms with van der Waals surface area (Å²) in [6.07, 6.45) is 7.16. The van der Waals surface area contributed by atoms with Gasteiger partial charge in [0, 0.05) is 35.8 Å². The number of aromatic nitrogens is 4. The lowest BCUT2D eigenvalue weighted by Gasteiger charge is -2.08. The normalized spacial score (nSPS) is 11.1. The Hall–Kier alpha value is -2.93. The van der Waals surface area contributed by atoms with Gasteiger partial charge in [0.05, 0.1) is 11.8 Å². The van der Waals surface area contributed by atoms with E-state index in [1.165, 1.54) is 24.4 Å². The number of halogens is 1. The van der Waals surface area contributed by atoms with Gasteiger partial charge in [-0.05, 0) is 50.6 Å². The highest BCUT2D eigenvalue weighted by Crippen LogP contribution is 2.24. The van der Waals surface area contributed by atoms with Crippen molar-refractivity contribution < 1.29 is 9.18 Å². The molecule has 0 saturated heterocycles. The van der Waals surface area contributed by atoms with Crippen molar-refractivity contribution in [1.29, 1.82) is 0 Å². The molecule has 1 aromatic carbocycles. The largest absolute Gasteiger partial charge is 0.330 e. The van der Waals surface area contributed by atoms with E-state index >= 15 is 0 Å². The quantitative estimate of drug-likeness (QED) is 0.689. The Balaban J connectivity index is 2.01. The van der Waals surface area contributed by atoms with Crippen LogP contribution in [-0.4, -0.2) is 32.1 Å². The molecule has 0 atom stereocenters. The van der Waals surface area contributed by atoms with Crippen molar-refractivity contribution in [3.8, 4) is 11.4 Å². The standard InChI is InChI=1S/C19H20FN5O/c1-12(2)25-11-14(10-24-25)18(26)17-7-15(20)3-4-16(17)19-22-8-13(5-6-21)9-23-19/h3-4,7-12H,5-6,21H2,1-2H3. The maximum atomic E-state index is 13.8. The second kappa shape index (κ2) is 7.53. The van der Waals surface area contributed by atoms with Crippen LogP contribution in [-0.2, 0) is 6.42 Å². The van der Waals surface area contributed by atoms with Crippen molar-refractivity contribution in [3.63, 3.8) is 0 Å². The van der Waals surface area contributed by atoms with Gasteiger partial charge in [0.15, 0.2) is 11.6 Å². The summed E-state index contributed by atoms with van der Waals surface area (Å²) in [4.78, 5) is 21.5. The molecule has 2 aromatic heterocycles. The molecule has 134 valence electrons. The van der Waals surface area contributed by atoms with Gasteiger partial charge in [-0.3, -0.25) is 9.48 Å². The van der Waals surface area contributed by atoms with Crippen LogP contribution < -0.4 is 5.73 Å². The third-order valence-electron chi connectivity index (χ3n) is 4.00. The third-order valence-corrected chi connectivity index (χ3v) is 4.00. The molecule has 7 heteroatoms. The molecule has 0 unspecified atom stereocenters. The predicted molar refractivity (Wildman–Crippen MR) is 96.2 cm³/mol. The first kappa shape index (κ1) is 17.9. The van der Waals surface area contributed by atoms with Crippen LogP contribution in [0.4, 0.5) is 4.39 Å². The molecule has 0 aliphatic carbocycles. The Kier molecular flexibility index (Phi) is 5.18. The molecule has 0 aliphatic heterocycles. The van der Waals surface area contributed by atoms with Crippen LogP contribution in [0.1, 0.15) is 41.4 Å². The summed E-state index contributed by atoms with van der Waals surface area (Å²) in [5.74, 6) is -0.445. The van der Waals surface area contributed by atoms with Gasteiger partial charge in [0.1, 0.15) is 5.82 Å². The summed E-state index contributed by atoms with van der Waals surface area (Å²) in [6, 6.07) is 4.15. The van der Waals surface area contributed by atoms with Gasteiger partial charge in [-0.25, -0.2) is 14.4 Å². The number of nitrogens with zero attached hydrogens (tertiary/aromatic N) is 4. The minimum absolute atomic E-state index is 0.127. The lowest BCUT2D eigenvalue weighted by Crippen LogP contribution is -2.07. The van der Waals surface area contributed by atoms with Crippen molar-refractivity contribution in [2.45, 2.75) is 26.3 Å². The van der Waals surface area contributed by atoms with Gasteiger partial charge >= 0.3 is 0 Å². The summed E-state index contributed by atoms with van der Waals surface area (Å²) in [6.45, 7) is 4.43. The van der Waals surface area contributed by atoms with Crippen molar-refractivity contribution in [2.24, 2.45) is 5.73 Å². The molecule has 3 rings (SSSR count). The van der Waals surface area contributed by atoms with E-state index in [1.54, 1.807) is 23.3 Å². The van der Waals surface area contributed by atoms with Gasteiger partial charge in [-0.2, -0.15) is 5.10 Å². The zero-order valence-corrected chi connectivity index (χ0v) is 14.7. The van der Waals surface area contributed by atoms with Crippen LogP contribution in [0, 0.1) is 5.82 Å². The number of nitrogens with two attached hydrogens (primary N) is 1. The molecule has 0 aliphatic rings. The predicted octanol–water partition coefficient (Wildman–Crippen LogP) is 2.79. The monoisotopic (exact) mass is 353 g/mol. The van der Waals surface area contributed by atoms with Crippen molar-refractivity contribution >= 4 is 5.78 Å². The van der Waals surface area contributed by atoms with E-state index in [4.69, 9.17) is 5.73 Å². The maximum absolute atomic E-state index is 13.8. The maximum Gasteiger partial charge on any atom is 0.197 e. The van der Waals surface area contributed by atoms with E-state index in [1.807, 2.05) is 13.8 Å². The first-order chi connectivity index (χ1) is 12.5. The lowest BCUT2D eigenvalue weighted by atomic mass is 9.99. The van der Waals surface area contributed by atoms with E-state index in [2.05, 4.69) is 15.1 Å². The summed E-state index contributed by atoms with van der Waals surface area (Å²) < 4.78 is 15.5. The molecule has 0 saturated carbocycles. The molecule has 2 N–H and O–H groups in total. The van der Waals surface area contributed by atoms with Crippen molar-refractivity contribution in [2.75, 3.05) is 6.54 Å². The second-order valence-electron chi connectivity index (χ2n) is 6.28. The number of ketones is 1. The molecule has 0 amide bonds. The van der Waals surface area contributed by atoms with E-state index in [9.17, 15) is 9.18 Å². The van der Waals surface area contributed by atoms with Crippen LogP contribution in [0.3, 0.4) is 0 Å². The van der Waals surface area contributed by atoms with E-state index in [-0.39, 0.29) is 17.4 Å². The molecule has 0 fully saturated rings. The minimum Gasteiger partial charge on any atom is -0.330 e. The topological polar surface area (TPSA) is 86.7 Å². The molecule has 0 bridgehead atoms. The van der Waals surface area contributed by atoms with Crippen LogP contribution in [0.15, 0.2) is 43.0 Å². The molecule has 26 heavy (non-hydrogen) atoms. The van der Waals surface area contributed by atoms with E-state index in [0.717, 1.165) is 5.56 Å². The van der Waals surface area contributed by atoms with Crippen molar-refractivity contribution in [1.82, 2.24) is 19.7 Å². The highest BCUT2D eigenvalue weighted by molar-refractivity contribution is 6.12. The molecular weight excluding hydrogens is 333 g/mol. The third kappa shape index (κ3) is 3.67. The first-order valence-corrected chi connectivity index (χ1v) is 8.39. The number of carbonyl (C=O) groups excluding carboxylic acids is 1. The molecule has 0 spiro atoms. The highest BCUT2D eigenvalue weighted by Gasteiger charge is 2.19. The zero-order chi connectivity index (χ0) is 18.7. The zero-order valence-electron chi connectivity index (χ0n) is 14.7. The van der Waals surface area contributed by atoms with Crippen LogP contribution >= 0.6 is 0 Å². The fourth-order valence-electron chi connectivity index (χ4n) is 2.58. The van der Waals surface area contributed by atoms with E-state index < -0.39 is 5.82 Å². The molecule has 3 aromatic rings. The Morgan fingerprint density at radius 1 is 1.23 bits per heavy atom. The van der Waals surface area contributed by atoms with Gasteiger partial charge in [-0.1, -0.05) is 0 Å². The SMILES string of the molecule is CC(C)n1cc(C(=O)c2cc(F)ccc2-c2ncc(CCN)cn2)cn1. The van der Waals surface area contributed by atoms with Gasteiger partial charge in [0.2, 0.25) is 0 Å². The lowest BCUT2D eigenvalue weighted by molar-refractivity contribution is 0.103. The van der Waals surface area contributed by atoms with Crippen LogP contribution in [0.5, 0.6) is 0 Å². The molecule has 0 radical (unpaired) electrons. The number of carbonyl (C=O) groups is 1. The number of rotatable bonds is 6. The summed E-state index contributed by atoms with van der Waals surface area (Å²) >= 11 is 0.